The molecule has 0 aliphatic carbocycles. The van der Waals surface area contributed by atoms with E-state index in [9.17, 15) is 9.18 Å². The first-order valence-corrected chi connectivity index (χ1v) is 8.28. The summed E-state index contributed by atoms with van der Waals surface area (Å²) in [7, 11) is 0. The van der Waals surface area contributed by atoms with Gasteiger partial charge in [-0.3, -0.25) is 4.79 Å². The summed E-state index contributed by atoms with van der Waals surface area (Å²) < 4.78 is 19.5. The van der Waals surface area contributed by atoms with Crippen LogP contribution in [0.4, 0.5) is 10.3 Å². The van der Waals surface area contributed by atoms with Crippen LogP contribution in [0.25, 0.3) is 11.0 Å². The average Bonchev–Trinajstić information content (AvgIpc) is 2.97. The maximum atomic E-state index is 13.4. The fourth-order valence-electron chi connectivity index (χ4n) is 3.44. The van der Waals surface area contributed by atoms with Crippen LogP contribution in [0.5, 0.6) is 0 Å². The van der Waals surface area contributed by atoms with Gasteiger partial charge in [0.15, 0.2) is 5.43 Å². The maximum Gasteiger partial charge on any atom is 0.200 e. The van der Waals surface area contributed by atoms with Crippen LogP contribution >= 0.6 is 0 Å². The molecule has 2 heterocycles. The van der Waals surface area contributed by atoms with Gasteiger partial charge in [0.05, 0.1) is 5.39 Å². The Hall–Kier alpha value is -2.66. The van der Waals surface area contributed by atoms with E-state index in [1.807, 2.05) is 30.9 Å². The zero-order chi connectivity index (χ0) is 17.7. The van der Waals surface area contributed by atoms with Gasteiger partial charge < -0.3 is 15.1 Å². The van der Waals surface area contributed by atoms with Crippen molar-refractivity contribution in [1.29, 1.82) is 0 Å². The molecule has 3 aromatic rings. The minimum absolute atomic E-state index is 0.0935. The van der Waals surface area contributed by atoms with Crippen molar-refractivity contribution in [2.75, 3.05) is 4.90 Å². The molecule has 1 aliphatic rings. The van der Waals surface area contributed by atoms with Crippen molar-refractivity contribution in [3.05, 3.63) is 74.7 Å². The van der Waals surface area contributed by atoms with Crippen LogP contribution < -0.4 is 16.1 Å². The molecular weight excluding hydrogens is 319 g/mol. The van der Waals surface area contributed by atoms with Gasteiger partial charge in [-0.2, -0.15) is 0 Å². The second kappa shape index (κ2) is 5.70. The summed E-state index contributed by atoms with van der Waals surface area (Å²) >= 11 is 0. The van der Waals surface area contributed by atoms with Crippen LogP contribution in [0.1, 0.15) is 35.2 Å². The van der Waals surface area contributed by atoms with Gasteiger partial charge in [0.25, 0.3) is 0 Å². The van der Waals surface area contributed by atoms with Crippen molar-refractivity contribution >= 4 is 16.9 Å². The topological polar surface area (TPSA) is 59.5 Å². The molecular formula is C20H19FN2O2. The molecule has 0 amide bonds. The summed E-state index contributed by atoms with van der Waals surface area (Å²) in [6.45, 7) is 4.91. The lowest BCUT2D eigenvalue weighted by molar-refractivity contribution is 0.568. The Morgan fingerprint density at radius 1 is 1.16 bits per heavy atom. The largest absolute Gasteiger partial charge is 0.440 e. The molecule has 0 radical (unpaired) electrons. The number of rotatable bonds is 2. The van der Waals surface area contributed by atoms with Crippen molar-refractivity contribution in [3.63, 3.8) is 0 Å². The molecule has 0 spiro atoms. The van der Waals surface area contributed by atoms with Crippen molar-refractivity contribution in [2.45, 2.75) is 33.0 Å². The van der Waals surface area contributed by atoms with Crippen LogP contribution in [0.2, 0.25) is 0 Å². The number of nitrogens with two attached hydrogens (primary N) is 1. The summed E-state index contributed by atoms with van der Waals surface area (Å²) in [5.41, 5.74) is 10.3. The van der Waals surface area contributed by atoms with Gasteiger partial charge in [-0.15, -0.1) is 0 Å². The van der Waals surface area contributed by atoms with E-state index in [2.05, 4.69) is 0 Å². The molecule has 4 nitrogen and oxygen atoms in total. The van der Waals surface area contributed by atoms with E-state index in [-0.39, 0.29) is 17.3 Å². The lowest BCUT2D eigenvalue weighted by atomic mass is 10.0. The fraction of sp³-hybridized carbons (Fsp3) is 0.250. The van der Waals surface area contributed by atoms with E-state index >= 15 is 0 Å². The maximum absolute atomic E-state index is 13.4. The molecule has 0 saturated heterocycles. The van der Waals surface area contributed by atoms with Crippen LogP contribution in [-0.4, -0.2) is 0 Å². The van der Waals surface area contributed by atoms with Crippen molar-refractivity contribution in [2.24, 2.45) is 5.73 Å². The second-order valence-electron chi connectivity index (χ2n) is 6.74. The lowest BCUT2D eigenvalue weighted by Crippen LogP contribution is -2.17. The molecule has 1 atom stereocenters. The van der Waals surface area contributed by atoms with Crippen molar-refractivity contribution < 1.29 is 8.81 Å². The Labute approximate surface area is 144 Å². The highest BCUT2D eigenvalue weighted by atomic mass is 19.1. The Kier molecular flexibility index (Phi) is 3.62. The first-order chi connectivity index (χ1) is 11.9. The molecule has 5 heteroatoms. The average molecular weight is 338 g/mol. The summed E-state index contributed by atoms with van der Waals surface area (Å²) in [5.74, 6) is 0.232. The first-order valence-electron chi connectivity index (χ1n) is 8.28. The molecule has 0 unspecified atom stereocenters. The van der Waals surface area contributed by atoms with E-state index < -0.39 is 0 Å². The van der Waals surface area contributed by atoms with Gasteiger partial charge >= 0.3 is 0 Å². The molecule has 1 aromatic heterocycles. The predicted molar refractivity (Wildman–Crippen MR) is 96.1 cm³/mol. The molecule has 128 valence electrons. The van der Waals surface area contributed by atoms with Gasteiger partial charge in [-0.05, 0) is 48.7 Å². The number of halogens is 1. The highest BCUT2D eigenvalue weighted by Gasteiger charge is 2.23. The summed E-state index contributed by atoms with van der Waals surface area (Å²) in [6.07, 6.45) is 0. The molecule has 1 aliphatic heterocycles. The Morgan fingerprint density at radius 2 is 1.92 bits per heavy atom. The van der Waals surface area contributed by atoms with E-state index in [0.717, 1.165) is 22.3 Å². The molecule has 0 saturated carbocycles. The fourth-order valence-corrected chi connectivity index (χ4v) is 3.44. The van der Waals surface area contributed by atoms with E-state index in [4.69, 9.17) is 10.2 Å². The van der Waals surface area contributed by atoms with E-state index in [1.54, 1.807) is 6.07 Å². The lowest BCUT2D eigenvalue weighted by Gasteiger charge is -2.18. The third-order valence-corrected chi connectivity index (χ3v) is 4.68. The van der Waals surface area contributed by atoms with Crippen LogP contribution in [-0.2, 0) is 13.1 Å². The molecule has 25 heavy (non-hydrogen) atoms. The minimum atomic E-state index is -0.254. The van der Waals surface area contributed by atoms with Gasteiger partial charge in [0.2, 0.25) is 5.88 Å². The van der Waals surface area contributed by atoms with Crippen LogP contribution in [0.3, 0.4) is 0 Å². The highest BCUT2D eigenvalue weighted by Crippen LogP contribution is 2.31. The Balaban J connectivity index is 1.83. The smallest absolute Gasteiger partial charge is 0.200 e. The molecule has 2 N–H and O–H groups in total. The summed E-state index contributed by atoms with van der Waals surface area (Å²) in [6, 6.07) is 9.81. The summed E-state index contributed by atoms with van der Waals surface area (Å²) in [4.78, 5) is 14.6. The summed E-state index contributed by atoms with van der Waals surface area (Å²) in [5, 5.41) is 0.541. The quantitative estimate of drug-likeness (QED) is 0.772. The molecule has 4 rings (SSSR count). The number of aryl methyl sites for hydroxylation is 1. The molecule has 0 bridgehead atoms. The van der Waals surface area contributed by atoms with Crippen molar-refractivity contribution in [3.8, 4) is 0 Å². The number of nitrogens with zero attached hydrogens (tertiary/aromatic N) is 1. The normalized spacial score (nSPS) is 14.8. The first kappa shape index (κ1) is 15.8. The van der Waals surface area contributed by atoms with Crippen molar-refractivity contribution in [1.82, 2.24) is 0 Å². The zero-order valence-corrected chi connectivity index (χ0v) is 14.2. The third-order valence-electron chi connectivity index (χ3n) is 4.68. The van der Waals surface area contributed by atoms with Crippen LogP contribution in [0.15, 0.2) is 45.6 Å². The number of fused-ring (bicyclic) bond motifs is 2. The SMILES string of the molecule is Cc1cc([C@@H](C)N)c2oc(N3Cc4ccc(F)cc4C3)cc(=O)c2c1. The zero-order valence-electron chi connectivity index (χ0n) is 14.2. The highest BCUT2D eigenvalue weighted by molar-refractivity contribution is 5.82. The Bertz CT molecular complexity index is 1040. The van der Waals surface area contributed by atoms with E-state index in [0.29, 0.717) is 29.9 Å². The second-order valence-corrected chi connectivity index (χ2v) is 6.74. The third kappa shape index (κ3) is 2.70. The van der Waals surface area contributed by atoms with Crippen LogP contribution in [0, 0.1) is 12.7 Å². The predicted octanol–water partition coefficient (Wildman–Crippen LogP) is 3.78. The van der Waals surface area contributed by atoms with Gasteiger partial charge in [-0.1, -0.05) is 12.1 Å². The van der Waals surface area contributed by atoms with Gasteiger partial charge in [0, 0.05) is 30.8 Å². The molecule has 2 aromatic carbocycles. The van der Waals surface area contributed by atoms with Gasteiger partial charge in [0.1, 0.15) is 11.4 Å². The van der Waals surface area contributed by atoms with E-state index in [1.165, 1.54) is 18.2 Å². The number of hydrogen-bond donors (Lipinski definition) is 1. The number of anilines is 1. The standard InChI is InChI=1S/C20H19FN2O2/c1-11-5-16(12(2)22)20-17(6-11)18(24)8-19(25-20)23-9-13-3-4-15(21)7-14(13)10-23/h3-8,12H,9-10,22H2,1-2H3/t12-/m1/s1. The number of benzene rings is 2. The Morgan fingerprint density at radius 3 is 2.68 bits per heavy atom. The van der Waals surface area contributed by atoms with Gasteiger partial charge in [-0.25, -0.2) is 4.39 Å². The molecule has 0 fully saturated rings. The minimum Gasteiger partial charge on any atom is -0.440 e. The monoisotopic (exact) mass is 338 g/mol. The number of hydrogen-bond acceptors (Lipinski definition) is 4.